The van der Waals surface area contributed by atoms with Crippen LogP contribution in [0.25, 0.3) is 21.5 Å². The molecule has 0 spiro atoms. The van der Waals surface area contributed by atoms with Gasteiger partial charge in [0.05, 0.1) is 6.61 Å². The van der Waals surface area contributed by atoms with E-state index in [-0.39, 0.29) is 0 Å². The Bertz CT molecular complexity index is 711. The lowest BCUT2D eigenvalue weighted by atomic mass is 10.0. The first kappa shape index (κ1) is 9.20. The summed E-state index contributed by atoms with van der Waals surface area (Å²) >= 11 is 0. The van der Waals surface area contributed by atoms with Crippen molar-refractivity contribution >= 4 is 21.5 Å². The average Bonchev–Trinajstić information content (AvgIpc) is 3.20. The molecule has 0 amide bonds. The van der Waals surface area contributed by atoms with Crippen molar-refractivity contribution in [1.82, 2.24) is 0 Å². The molecule has 0 saturated carbocycles. The second-order valence-corrected chi connectivity index (χ2v) is 4.63. The van der Waals surface area contributed by atoms with Gasteiger partial charge >= 0.3 is 0 Å². The van der Waals surface area contributed by atoms with E-state index in [9.17, 15) is 0 Å². The number of epoxide rings is 1. The standard InChI is InChI=1S/C16H12O/c1-2-4-12-8-15-9-14(16-10-17-16)6-5-13(15)7-11(12)3-1/h1-9,16H,10H2/t16-/m1/s1. The average molecular weight is 220 g/mol. The van der Waals surface area contributed by atoms with Gasteiger partial charge in [0.15, 0.2) is 0 Å². The number of hydrogen-bond acceptors (Lipinski definition) is 1. The van der Waals surface area contributed by atoms with Crippen LogP contribution in [0.4, 0.5) is 0 Å². The topological polar surface area (TPSA) is 12.5 Å². The van der Waals surface area contributed by atoms with E-state index >= 15 is 0 Å². The normalized spacial score (nSPS) is 18.7. The SMILES string of the molecule is c1ccc2cc3cc([C@H]4CO4)ccc3cc2c1. The van der Waals surface area contributed by atoms with Gasteiger partial charge in [-0.1, -0.05) is 36.4 Å². The predicted molar refractivity (Wildman–Crippen MR) is 70.1 cm³/mol. The first-order valence-corrected chi connectivity index (χ1v) is 5.94. The molecule has 1 heteroatoms. The van der Waals surface area contributed by atoms with Gasteiger partial charge < -0.3 is 4.74 Å². The van der Waals surface area contributed by atoms with Crippen LogP contribution in [0.15, 0.2) is 54.6 Å². The van der Waals surface area contributed by atoms with E-state index in [4.69, 9.17) is 4.74 Å². The van der Waals surface area contributed by atoms with Crippen molar-refractivity contribution in [2.45, 2.75) is 6.10 Å². The number of fused-ring (bicyclic) bond motifs is 2. The van der Waals surface area contributed by atoms with Crippen molar-refractivity contribution in [3.63, 3.8) is 0 Å². The molecule has 1 aliphatic rings. The van der Waals surface area contributed by atoms with Gasteiger partial charge in [0.25, 0.3) is 0 Å². The second-order valence-electron chi connectivity index (χ2n) is 4.63. The summed E-state index contributed by atoms with van der Waals surface area (Å²) < 4.78 is 5.33. The van der Waals surface area contributed by atoms with E-state index in [1.54, 1.807) is 0 Å². The summed E-state index contributed by atoms with van der Waals surface area (Å²) in [6.07, 6.45) is 0.339. The maximum atomic E-state index is 5.33. The van der Waals surface area contributed by atoms with Crippen LogP contribution >= 0.6 is 0 Å². The molecule has 1 nitrogen and oxygen atoms in total. The minimum Gasteiger partial charge on any atom is -0.368 e. The number of benzene rings is 3. The summed E-state index contributed by atoms with van der Waals surface area (Å²) in [6, 6.07) is 19.6. The molecular formula is C16H12O. The van der Waals surface area contributed by atoms with Crippen molar-refractivity contribution in [3.8, 4) is 0 Å². The third-order valence-electron chi connectivity index (χ3n) is 3.43. The first-order chi connectivity index (χ1) is 8.40. The van der Waals surface area contributed by atoms with Gasteiger partial charge in [0.1, 0.15) is 6.10 Å². The van der Waals surface area contributed by atoms with Crippen LogP contribution in [-0.2, 0) is 4.74 Å². The minimum absolute atomic E-state index is 0.339. The molecule has 1 saturated heterocycles. The van der Waals surface area contributed by atoms with Crippen LogP contribution in [0.1, 0.15) is 11.7 Å². The van der Waals surface area contributed by atoms with Crippen molar-refractivity contribution in [2.24, 2.45) is 0 Å². The van der Waals surface area contributed by atoms with Crippen LogP contribution in [0.2, 0.25) is 0 Å². The summed E-state index contributed by atoms with van der Waals surface area (Å²) in [5.41, 5.74) is 1.30. The van der Waals surface area contributed by atoms with Crippen molar-refractivity contribution in [2.75, 3.05) is 6.61 Å². The van der Waals surface area contributed by atoms with Gasteiger partial charge in [-0.25, -0.2) is 0 Å². The van der Waals surface area contributed by atoms with Crippen LogP contribution < -0.4 is 0 Å². The molecule has 4 rings (SSSR count). The summed E-state index contributed by atoms with van der Waals surface area (Å²) in [6.45, 7) is 0.874. The zero-order chi connectivity index (χ0) is 11.2. The van der Waals surface area contributed by atoms with E-state index < -0.39 is 0 Å². The Balaban J connectivity index is 2.02. The van der Waals surface area contributed by atoms with Crippen molar-refractivity contribution < 1.29 is 4.74 Å². The Hall–Kier alpha value is -1.86. The van der Waals surface area contributed by atoms with Gasteiger partial charge in [-0.05, 0) is 45.3 Å². The Morgan fingerprint density at radius 1 is 0.765 bits per heavy atom. The quantitative estimate of drug-likeness (QED) is 0.445. The molecule has 0 radical (unpaired) electrons. The van der Waals surface area contributed by atoms with Gasteiger partial charge in [-0.2, -0.15) is 0 Å². The summed E-state index contributed by atoms with van der Waals surface area (Å²) in [7, 11) is 0. The molecule has 0 unspecified atom stereocenters. The molecule has 0 bridgehead atoms. The number of ether oxygens (including phenoxy) is 1. The Kier molecular flexibility index (Phi) is 1.79. The molecule has 3 aromatic carbocycles. The van der Waals surface area contributed by atoms with Gasteiger partial charge in [0, 0.05) is 0 Å². The smallest absolute Gasteiger partial charge is 0.106 e. The van der Waals surface area contributed by atoms with Gasteiger partial charge in [-0.3, -0.25) is 0 Å². The lowest BCUT2D eigenvalue weighted by molar-refractivity contribution is 0.416. The first-order valence-electron chi connectivity index (χ1n) is 5.94. The van der Waals surface area contributed by atoms with E-state index in [2.05, 4.69) is 54.6 Å². The number of hydrogen-bond donors (Lipinski definition) is 0. The monoisotopic (exact) mass is 220 g/mol. The van der Waals surface area contributed by atoms with Crippen LogP contribution in [0.3, 0.4) is 0 Å². The molecule has 1 heterocycles. The molecule has 3 aromatic rings. The van der Waals surface area contributed by atoms with Crippen molar-refractivity contribution in [1.29, 1.82) is 0 Å². The fourth-order valence-electron chi connectivity index (χ4n) is 2.40. The third kappa shape index (κ3) is 1.51. The highest BCUT2D eigenvalue weighted by Crippen LogP contribution is 2.32. The zero-order valence-electron chi connectivity index (χ0n) is 9.39. The molecule has 1 aliphatic heterocycles. The Labute approximate surface area is 99.6 Å². The summed E-state index contributed by atoms with van der Waals surface area (Å²) in [5.74, 6) is 0. The molecule has 0 aromatic heterocycles. The van der Waals surface area contributed by atoms with Crippen LogP contribution in [0.5, 0.6) is 0 Å². The van der Waals surface area contributed by atoms with E-state index in [0.717, 1.165) is 6.61 Å². The van der Waals surface area contributed by atoms with Crippen LogP contribution in [0, 0.1) is 0 Å². The van der Waals surface area contributed by atoms with E-state index in [1.165, 1.54) is 27.1 Å². The van der Waals surface area contributed by atoms with Crippen LogP contribution in [-0.4, -0.2) is 6.61 Å². The van der Waals surface area contributed by atoms with Gasteiger partial charge in [-0.15, -0.1) is 0 Å². The third-order valence-corrected chi connectivity index (χ3v) is 3.43. The molecule has 1 fully saturated rings. The predicted octanol–water partition coefficient (Wildman–Crippen LogP) is 4.06. The summed E-state index contributed by atoms with van der Waals surface area (Å²) in [4.78, 5) is 0. The lowest BCUT2D eigenvalue weighted by Gasteiger charge is -2.04. The van der Waals surface area contributed by atoms with E-state index in [1.807, 2.05) is 0 Å². The van der Waals surface area contributed by atoms with Gasteiger partial charge in [0.2, 0.25) is 0 Å². The molecule has 0 N–H and O–H groups in total. The fraction of sp³-hybridized carbons (Fsp3) is 0.125. The van der Waals surface area contributed by atoms with E-state index in [0.29, 0.717) is 6.10 Å². The molecule has 1 atom stereocenters. The number of rotatable bonds is 1. The Morgan fingerprint density at radius 2 is 1.41 bits per heavy atom. The fourth-order valence-corrected chi connectivity index (χ4v) is 2.40. The maximum absolute atomic E-state index is 5.33. The maximum Gasteiger partial charge on any atom is 0.106 e. The molecule has 0 aliphatic carbocycles. The highest BCUT2D eigenvalue weighted by molar-refractivity contribution is 5.98. The molecular weight excluding hydrogens is 208 g/mol. The highest BCUT2D eigenvalue weighted by atomic mass is 16.6. The minimum atomic E-state index is 0.339. The largest absolute Gasteiger partial charge is 0.368 e. The zero-order valence-corrected chi connectivity index (χ0v) is 9.39. The summed E-state index contributed by atoms with van der Waals surface area (Å²) in [5, 5.41) is 5.20. The van der Waals surface area contributed by atoms with Crippen molar-refractivity contribution in [3.05, 3.63) is 60.2 Å². The lowest BCUT2D eigenvalue weighted by Crippen LogP contribution is -1.82. The molecule has 82 valence electrons. The second kappa shape index (κ2) is 3.31. The highest BCUT2D eigenvalue weighted by Gasteiger charge is 2.24. The molecule has 17 heavy (non-hydrogen) atoms. The Morgan fingerprint density at radius 3 is 2.12 bits per heavy atom.